The van der Waals surface area contributed by atoms with Crippen LogP contribution in [0.15, 0.2) is 4.52 Å². The fourth-order valence-electron chi connectivity index (χ4n) is 4.77. The highest BCUT2D eigenvalue weighted by Crippen LogP contribution is 2.37. The summed E-state index contributed by atoms with van der Waals surface area (Å²) in [6.45, 7) is 8.05. The molecule has 2 fully saturated rings. The van der Waals surface area contributed by atoms with Crippen LogP contribution in [-0.4, -0.2) is 51.0 Å². The summed E-state index contributed by atoms with van der Waals surface area (Å²) in [7, 11) is 1.95. The third kappa shape index (κ3) is 3.67. The van der Waals surface area contributed by atoms with Crippen LogP contribution >= 0.6 is 0 Å². The summed E-state index contributed by atoms with van der Waals surface area (Å²) in [4.78, 5) is 15.1. The van der Waals surface area contributed by atoms with Gasteiger partial charge in [0.1, 0.15) is 5.76 Å². The van der Waals surface area contributed by atoms with Crippen LogP contribution in [0.3, 0.4) is 0 Å². The van der Waals surface area contributed by atoms with E-state index in [1.54, 1.807) is 0 Å². The molecule has 2 aliphatic heterocycles. The average Bonchev–Trinajstić information content (AvgIpc) is 3.46. The molecule has 2 aromatic heterocycles. The lowest BCUT2D eigenvalue weighted by Crippen LogP contribution is -2.49. The van der Waals surface area contributed by atoms with Crippen molar-refractivity contribution in [3.05, 3.63) is 34.0 Å². The maximum absolute atomic E-state index is 12.6. The van der Waals surface area contributed by atoms with E-state index in [0.717, 1.165) is 68.2 Å². The number of amides is 1. The monoisotopic (exact) mass is 413 g/mol. The minimum absolute atomic E-state index is 0.0624. The van der Waals surface area contributed by atoms with Gasteiger partial charge in [-0.05, 0) is 45.4 Å². The molecule has 162 valence electrons. The van der Waals surface area contributed by atoms with Crippen LogP contribution < -0.4 is 5.32 Å². The third-order valence-corrected chi connectivity index (χ3v) is 7.08. The Balaban J connectivity index is 1.24. The van der Waals surface area contributed by atoms with Crippen molar-refractivity contribution in [2.75, 3.05) is 19.6 Å². The molecule has 8 nitrogen and oxygen atoms in total. The molecule has 0 unspecified atom stereocenters. The molecule has 1 N–H and O–H groups in total. The van der Waals surface area contributed by atoms with Crippen molar-refractivity contribution in [1.29, 1.82) is 0 Å². The highest BCUT2D eigenvalue weighted by molar-refractivity contribution is 5.94. The molecule has 0 aromatic carbocycles. The summed E-state index contributed by atoms with van der Waals surface area (Å²) < 4.78 is 13.6. The second-order valence-corrected chi connectivity index (χ2v) is 9.28. The van der Waals surface area contributed by atoms with Gasteiger partial charge in [-0.2, -0.15) is 5.10 Å². The van der Waals surface area contributed by atoms with Crippen molar-refractivity contribution < 1.29 is 14.1 Å². The number of aromatic nitrogens is 3. The zero-order chi connectivity index (χ0) is 20.9. The Bertz CT molecular complexity index is 931. The van der Waals surface area contributed by atoms with Crippen molar-refractivity contribution in [3.63, 3.8) is 0 Å². The molecular formula is C22H31N5O3. The first-order valence-corrected chi connectivity index (χ1v) is 11.0. The Morgan fingerprint density at radius 3 is 2.70 bits per heavy atom. The number of fused-ring (bicyclic) bond motifs is 1. The molecule has 0 radical (unpaired) electrons. The molecule has 3 aliphatic rings. The van der Waals surface area contributed by atoms with E-state index in [4.69, 9.17) is 9.26 Å². The van der Waals surface area contributed by atoms with Crippen LogP contribution in [0.2, 0.25) is 0 Å². The van der Waals surface area contributed by atoms with Crippen LogP contribution in [0.1, 0.15) is 64.4 Å². The fraction of sp³-hybridized carbons (Fsp3) is 0.682. The Morgan fingerprint density at radius 1 is 1.27 bits per heavy atom. The predicted molar refractivity (Wildman–Crippen MR) is 110 cm³/mol. The summed E-state index contributed by atoms with van der Waals surface area (Å²) in [6.07, 6.45) is 5.22. The Morgan fingerprint density at radius 2 is 2.03 bits per heavy atom. The average molecular weight is 414 g/mol. The fourth-order valence-corrected chi connectivity index (χ4v) is 4.77. The van der Waals surface area contributed by atoms with Crippen molar-refractivity contribution in [3.8, 4) is 0 Å². The van der Waals surface area contributed by atoms with E-state index in [1.165, 1.54) is 18.4 Å². The summed E-state index contributed by atoms with van der Waals surface area (Å²) in [5.74, 6) is 1.50. The number of carbonyl (C=O) groups excluding carboxylic acids is 1. The van der Waals surface area contributed by atoms with Crippen LogP contribution in [0.5, 0.6) is 0 Å². The number of carbonyl (C=O) groups is 1. The molecule has 1 spiro atoms. The second-order valence-electron chi connectivity index (χ2n) is 9.28. The first kappa shape index (κ1) is 19.8. The van der Waals surface area contributed by atoms with Crippen molar-refractivity contribution >= 4 is 5.91 Å². The molecule has 8 heteroatoms. The molecule has 30 heavy (non-hydrogen) atoms. The summed E-state index contributed by atoms with van der Waals surface area (Å²) in [5, 5.41) is 11.7. The topological polar surface area (TPSA) is 85.4 Å². The number of likely N-dealkylation sites (tertiary alicyclic amines) is 1. The molecule has 0 atom stereocenters. The molecule has 0 bridgehead atoms. The predicted octanol–water partition coefficient (Wildman–Crippen LogP) is 2.27. The zero-order valence-electron chi connectivity index (χ0n) is 18.2. The van der Waals surface area contributed by atoms with E-state index in [-0.39, 0.29) is 11.5 Å². The minimum Gasteiger partial charge on any atom is -0.370 e. The smallest absolute Gasteiger partial charge is 0.272 e. The molecular weight excluding hydrogens is 382 g/mol. The van der Waals surface area contributed by atoms with Crippen LogP contribution in [0, 0.1) is 19.8 Å². The Kier molecular flexibility index (Phi) is 4.94. The number of ether oxygens (including phenoxy) is 1. The molecule has 5 rings (SSSR count). The lowest BCUT2D eigenvalue weighted by atomic mass is 9.83. The van der Waals surface area contributed by atoms with Crippen molar-refractivity contribution in [2.24, 2.45) is 13.0 Å². The Hall–Kier alpha value is -2.19. The first-order valence-electron chi connectivity index (χ1n) is 11.0. The van der Waals surface area contributed by atoms with E-state index in [0.29, 0.717) is 18.2 Å². The largest absolute Gasteiger partial charge is 0.370 e. The van der Waals surface area contributed by atoms with Crippen LogP contribution in [-0.2, 0) is 31.4 Å². The van der Waals surface area contributed by atoms with E-state index >= 15 is 0 Å². The van der Waals surface area contributed by atoms with E-state index in [2.05, 4.69) is 20.5 Å². The lowest BCUT2D eigenvalue weighted by Gasteiger charge is -2.43. The highest BCUT2D eigenvalue weighted by atomic mass is 16.5. The summed E-state index contributed by atoms with van der Waals surface area (Å²) >= 11 is 0. The van der Waals surface area contributed by atoms with Crippen LogP contribution in [0.4, 0.5) is 0 Å². The molecule has 1 saturated heterocycles. The minimum atomic E-state index is -0.155. The van der Waals surface area contributed by atoms with Gasteiger partial charge in [0.2, 0.25) is 0 Å². The molecule has 1 amide bonds. The van der Waals surface area contributed by atoms with Gasteiger partial charge < -0.3 is 14.6 Å². The van der Waals surface area contributed by atoms with Crippen molar-refractivity contribution in [2.45, 2.75) is 64.7 Å². The standard InChI is InChI=1S/C22H31N5O3/c1-14-17(15(2)30-25-14)12-27-8-6-22(7-9-27)10-19-18(13-29-22)20(24-26(19)3)21(28)23-11-16-4-5-16/h16H,4-13H2,1-3H3,(H,23,28). The van der Waals surface area contributed by atoms with Gasteiger partial charge in [0.25, 0.3) is 5.91 Å². The first-order chi connectivity index (χ1) is 14.4. The maximum atomic E-state index is 12.6. The van der Waals surface area contributed by atoms with Gasteiger partial charge in [0.05, 0.1) is 17.9 Å². The number of rotatable bonds is 5. The molecule has 4 heterocycles. The van der Waals surface area contributed by atoms with Gasteiger partial charge in [0, 0.05) is 56.5 Å². The van der Waals surface area contributed by atoms with E-state index < -0.39 is 0 Å². The summed E-state index contributed by atoms with van der Waals surface area (Å²) in [6, 6.07) is 0. The normalized spacial score (nSPS) is 21.0. The maximum Gasteiger partial charge on any atom is 0.272 e. The molecule has 1 aliphatic carbocycles. The van der Waals surface area contributed by atoms with Gasteiger partial charge in [-0.15, -0.1) is 0 Å². The number of hydrogen-bond donors (Lipinski definition) is 1. The van der Waals surface area contributed by atoms with Gasteiger partial charge >= 0.3 is 0 Å². The molecule has 1 saturated carbocycles. The Labute approximate surface area is 176 Å². The third-order valence-electron chi connectivity index (χ3n) is 7.08. The van der Waals surface area contributed by atoms with Crippen LogP contribution in [0.25, 0.3) is 0 Å². The van der Waals surface area contributed by atoms with Gasteiger partial charge in [-0.25, -0.2) is 0 Å². The number of hydrogen-bond acceptors (Lipinski definition) is 6. The van der Waals surface area contributed by atoms with Gasteiger partial charge in [-0.3, -0.25) is 14.4 Å². The highest BCUT2D eigenvalue weighted by Gasteiger charge is 2.42. The second kappa shape index (κ2) is 7.50. The van der Waals surface area contributed by atoms with E-state index in [1.807, 2.05) is 25.6 Å². The SMILES string of the molecule is Cc1noc(C)c1CN1CCC2(CC1)Cc1c(c(C(=O)NCC3CC3)nn1C)CO2. The van der Waals surface area contributed by atoms with E-state index in [9.17, 15) is 4.79 Å². The zero-order valence-corrected chi connectivity index (χ0v) is 18.2. The lowest BCUT2D eigenvalue weighted by molar-refractivity contribution is -0.104. The summed E-state index contributed by atoms with van der Waals surface area (Å²) in [5.41, 5.74) is 4.68. The molecule has 2 aromatic rings. The number of nitrogens with zero attached hydrogens (tertiary/aromatic N) is 4. The number of nitrogens with one attached hydrogen (secondary N) is 1. The number of piperidine rings is 1. The van der Waals surface area contributed by atoms with Gasteiger partial charge in [0.15, 0.2) is 5.69 Å². The van der Waals surface area contributed by atoms with Crippen molar-refractivity contribution in [1.82, 2.24) is 25.2 Å². The van der Waals surface area contributed by atoms with Gasteiger partial charge in [-0.1, -0.05) is 5.16 Å². The quantitative estimate of drug-likeness (QED) is 0.809. The number of aryl methyl sites for hydroxylation is 3.